The Hall–Kier alpha value is -2.04. The van der Waals surface area contributed by atoms with E-state index in [0.29, 0.717) is 19.6 Å². The molecule has 2 amide bonds. The number of carbonyl (C=O) groups is 2. The standard InChI is InChI=1S/C19H26N2O3/c1-18(2,3)24-17(23)21-12-8-7-11-19(21)14-20(16(19)22)13-15-9-5-4-6-10-15/h4-6,9-10H,7-8,11-14H2,1-3H3. The van der Waals surface area contributed by atoms with E-state index in [0.717, 1.165) is 24.8 Å². The molecule has 5 nitrogen and oxygen atoms in total. The van der Waals surface area contributed by atoms with E-state index in [-0.39, 0.29) is 12.0 Å². The SMILES string of the molecule is CC(C)(C)OC(=O)N1CCCCC12CN(Cc1ccccc1)C2=O. The first-order valence-corrected chi connectivity index (χ1v) is 8.66. The fourth-order valence-corrected chi connectivity index (χ4v) is 3.60. The summed E-state index contributed by atoms with van der Waals surface area (Å²) >= 11 is 0. The van der Waals surface area contributed by atoms with Crippen molar-refractivity contribution in [3.63, 3.8) is 0 Å². The molecule has 0 bridgehead atoms. The summed E-state index contributed by atoms with van der Waals surface area (Å²) in [6.07, 6.45) is 2.27. The largest absolute Gasteiger partial charge is 0.444 e. The van der Waals surface area contributed by atoms with Crippen molar-refractivity contribution >= 4 is 12.0 Å². The summed E-state index contributed by atoms with van der Waals surface area (Å²) < 4.78 is 5.53. The number of piperidine rings is 1. The first-order chi connectivity index (χ1) is 11.3. The molecule has 2 fully saturated rings. The highest BCUT2D eigenvalue weighted by molar-refractivity contribution is 5.95. The van der Waals surface area contributed by atoms with Crippen LogP contribution in [0, 0.1) is 0 Å². The normalized spacial score (nSPS) is 24.0. The number of amides is 2. The van der Waals surface area contributed by atoms with E-state index in [1.54, 1.807) is 4.90 Å². The molecule has 0 saturated carbocycles. The average Bonchev–Trinajstić information content (AvgIpc) is 2.54. The van der Waals surface area contributed by atoms with Crippen LogP contribution in [0.15, 0.2) is 30.3 Å². The molecule has 1 atom stereocenters. The predicted octanol–water partition coefficient (Wildman–Crippen LogP) is 3.19. The van der Waals surface area contributed by atoms with Gasteiger partial charge in [0.15, 0.2) is 0 Å². The van der Waals surface area contributed by atoms with E-state index in [2.05, 4.69) is 0 Å². The molecule has 24 heavy (non-hydrogen) atoms. The molecule has 5 heteroatoms. The Morgan fingerprint density at radius 1 is 1.21 bits per heavy atom. The van der Waals surface area contributed by atoms with E-state index in [1.165, 1.54) is 0 Å². The summed E-state index contributed by atoms with van der Waals surface area (Å²) in [5, 5.41) is 0. The minimum atomic E-state index is -0.685. The van der Waals surface area contributed by atoms with Crippen LogP contribution in [0.1, 0.15) is 45.6 Å². The third kappa shape index (κ3) is 3.12. The summed E-state index contributed by atoms with van der Waals surface area (Å²) in [6.45, 7) is 7.35. The molecule has 1 aromatic rings. The van der Waals surface area contributed by atoms with E-state index in [1.807, 2.05) is 56.0 Å². The van der Waals surface area contributed by atoms with E-state index >= 15 is 0 Å². The minimum absolute atomic E-state index is 0.0527. The molecule has 0 aliphatic carbocycles. The molecule has 0 aromatic heterocycles. The Kier molecular flexibility index (Phi) is 4.28. The zero-order valence-corrected chi connectivity index (χ0v) is 14.7. The highest BCUT2D eigenvalue weighted by atomic mass is 16.6. The van der Waals surface area contributed by atoms with Gasteiger partial charge in [-0.1, -0.05) is 30.3 Å². The molecular formula is C19H26N2O3. The maximum Gasteiger partial charge on any atom is 0.411 e. The molecule has 0 radical (unpaired) electrons. The van der Waals surface area contributed by atoms with Gasteiger partial charge in [0, 0.05) is 13.1 Å². The summed E-state index contributed by atoms with van der Waals surface area (Å²) in [4.78, 5) is 29.0. The van der Waals surface area contributed by atoms with Gasteiger partial charge in [-0.3, -0.25) is 9.69 Å². The molecule has 0 N–H and O–H groups in total. The van der Waals surface area contributed by atoms with E-state index in [4.69, 9.17) is 4.74 Å². The maximum atomic E-state index is 12.9. The summed E-state index contributed by atoms with van der Waals surface area (Å²) in [5.74, 6) is 0.0527. The fraction of sp³-hybridized carbons (Fsp3) is 0.579. The summed E-state index contributed by atoms with van der Waals surface area (Å²) in [5.41, 5.74) is -0.123. The van der Waals surface area contributed by atoms with Crippen LogP contribution in [0.2, 0.25) is 0 Å². The number of nitrogens with zero attached hydrogens (tertiary/aromatic N) is 2. The van der Waals surface area contributed by atoms with Crippen molar-refractivity contribution in [3.8, 4) is 0 Å². The summed E-state index contributed by atoms with van der Waals surface area (Å²) in [6, 6.07) is 9.95. The van der Waals surface area contributed by atoms with Gasteiger partial charge >= 0.3 is 6.09 Å². The number of rotatable bonds is 2. The van der Waals surface area contributed by atoms with E-state index < -0.39 is 11.1 Å². The molecule has 2 aliphatic heterocycles. The van der Waals surface area contributed by atoms with Gasteiger partial charge < -0.3 is 9.64 Å². The van der Waals surface area contributed by atoms with Crippen molar-refractivity contribution in [2.45, 2.75) is 57.7 Å². The molecule has 3 rings (SSSR count). The maximum absolute atomic E-state index is 12.9. The molecule has 130 valence electrons. The number of β-lactam (4-membered cyclic amide) rings is 1. The van der Waals surface area contributed by atoms with Crippen LogP contribution in [0.5, 0.6) is 0 Å². The lowest BCUT2D eigenvalue weighted by atomic mass is 9.78. The van der Waals surface area contributed by atoms with Gasteiger partial charge in [0.05, 0.1) is 6.54 Å². The third-order valence-corrected chi connectivity index (χ3v) is 4.71. The zero-order valence-electron chi connectivity index (χ0n) is 14.7. The zero-order chi connectivity index (χ0) is 17.4. The van der Waals surface area contributed by atoms with Gasteiger partial charge in [0.1, 0.15) is 11.1 Å². The highest BCUT2D eigenvalue weighted by Crippen LogP contribution is 2.39. The quantitative estimate of drug-likeness (QED) is 0.783. The van der Waals surface area contributed by atoms with E-state index in [9.17, 15) is 9.59 Å². The molecule has 2 aliphatic rings. The van der Waals surface area contributed by atoms with Crippen LogP contribution < -0.4 is 0 Å². The van der Waals surface area contributed by atoms with Crippen LogP contribution in [0.25, 0.3) is 0 Å². The van der Waals surface area contributed by atoms with Crippen LogP contribution in [-0.2, 0) is 16.1 Å². The van der Waals surface area contributed by atoms with Crippen molar-refractivity contribution in [2.75, 3.05) is 13.1 Å². The second kappa shape index (κ2) is 6.11. The number of carbonyl (C=O) groups excluding carboxylic acids is 2. The van der Waals surface area contributed by atoms with Gasteiger partial charge in [-0.2, -0.15) is 0 Å². The lowest BCUT2D eigenvalue weighted by Gasteiger charge is -2.56. The van der Waals surface area contributed by atoms with Crippen molar-refractivity contribution in [1.82, 2.24) is 9.80 Å². The second-order valence-electron chi connectivity index (χ2n) is 7.77. The topological polar surface area (TPSA) is 49.9 Å². The van der Waals surface area contributed by atoms with Crippen LogP contribution in [-0.4, -0.2) is 46.0 Å². The van der Waals surface area contributed by atoms with Crippen LogP contribution in [0.4, 0.5) is 4.79 Å². The Morgan fingerprint density at radius 2 is 1.92 bits per heavy atom. The number of ether oxygens (including phenoxy) is 1. The second-order valence-corrected chi connectivity index (χ2v) is 7.77. The lowest BCUT2D eigenvalue weighted by Crippen LogP contribution is -2.75. The van der Waals surface area contributed by atoms with Crippen molar-refractivity contribution in [1.29, 1.82) is 0 Å². The van der Waals surface area contributed by atoms with Crippen molar-refractivity contribution in [2.24, 2.45) is 0 Å². The van der Waals surface area contributed by atoms with Gasteiger partial charge in [-0.05, 0) is 45.6 Å². The molecule has 1 spiro atoms. The molecule has 2 saturated heterocycles. The monoisotopic (exact) mass is 330 g/mol. The first-order valence-electron chi connectivity index (χ1n) is 8.66. The Morgan fingerprint density at radius 3 is 2.54 bits per heavy atom. The van der Waals surface area contributed by atoms with Crippen molar-refractivity contribution in [3.05, 3.63) is 35.9 Å². The van der Waals surface area contributed by atoms with Crippen LogP contribution >= 0.6 is 0 Å². The molecule has 1 unspecified atom stereocenters. The van der Waals surface area contributed by atoms with Crippen LogP contribution in [0.3, 0.4) is 0 Å². The molecule has 1 aromatic carbocycles. The average molecular weight is 330 g/mol. The fourth-order valence-electron chi connectivity index (χ4n) is 3.60. The Labute approximate surface area is 143 Å². The summed E-state index contributed by atoms with van der Waals surface area (Å²) in [7, 11) is 0. The Bertz CT molecular complexity index is 623. The Balaban J connectivity index is 1.71. The van der Waals surface area contributed by atoms with Crippen molar-refractivity contribution < 1.29 is 14.3 Å². The smallest absolute Gasteiger partial charge is 0.411 e. The van der Waals surface area contributed by atoms with Gasteiger partial charge in [0.25, 0.3) is 5.91 Å². The number of hydrogen-bond donors (Lipinski definition) is 0. The predicted molar refractivity (Wildman–Crippen MR) is 91.4 cm³/mol. The number of hydrogen-bond acceptors (Lipinski definition) is 3. The number of benzene rings is 1. The van der Waals surface area contributed by atoms with Gasteiger partial charge in [0.2, 0.25) is 0 Å². The highest BCUT2D eigenvalue weighted by Gasteiger charge is 2.58. The molecule has 2 heterocycles. The first kappa shape index (κ1) is 16.8. The van der Waals surface area contributed by atoms with Gasteiger partial charge in [-0.25, -0.2) is 4.79 Å². The molecular weight excluding hydrogens is 304 g/mol. The van der Waals surface area contributed by atoms with Gasteiger partial charge in [-0.15, -0.1) is 0 Å². The third-order valence-electron chi connectivity index (χ3n) is 4.71. The minimum Gasteiger partial charge on any atom is -0.444 e. The lowest BCUT2D eigenvalue weighted by molar-refractivity contribution is -0.168. The number of likely N-dealkylation sites (tertiary alicyclic amines) is 2.